The van der Waals surface area contributed by atoms with Crippen LogP contribution in [0.4, 0.5) is 11.4 Å². The Morgan fingerprint density at radius 2 is 1.82 bits per heavy atom. The number of methoxy groups -OCH3 is 1. The summed E-state index contributed by atoms with van der Waals surface area (Å²) < 4.78 is 4.73. The second-order valence-corrected chi connectivity index (χ2v) is 12.5. The maximum Gasteiger partial charge on any atom is 0.305 e. The Labute approximate surface area is 291 Å². The first-order valence-electron chi connectivity index (χ1n) is 16.9. The van der Waals surface area contributed by atoms with Crippen LogP contribution in [0.2, 0.25) is 0 Å². The number of amides is 3. The standard InChI is InChI=1S/C39H44N4O7/c1-27(11-10-16-36(46)42(21-22-44)26-28-12-4-3-5-13-28)39(49)32-24-30(41-35(45)23-29-25-40-33-15-7-6-14-31(29)33)18-19-34(32)43(38(39)48)20-9-8-17-37(47)50-2/h3-7,10-15,18-19,24-25,27,40,44,49H,8-9,16-17,20-23,26H2,1-2H3,(H,41,45)/b11-10+/t27-,39+/m0/s1. The molecule has 262 valence electrons. The maximum atomic E-state index is 14.0. The summed E-state index contributed by atoms with van der Waals surface area (Å²) in [6.07, 6.45) is 6.45. The highest BCUT2D eigenvalue weighted by atomic mass is 16.5. The van der Waals surface area contributed by atoms with Gasteiger partial charge in [-0.1, -0.05) is 67.6 Å². The number of H-pyrrole nitrogens is 1. The molecule has 5 rings (SSSR count). The molecule has 1 aromatic heterocycles. The molecule has 0 spiro atoms. The van der Waals surface area contributed by atoms with E-state index in [9.17, 15) is 29.4 Å². The van der Waals surface area contributed by atoms with Crippen molar-refractivity contribution in [1.82, 2.24) is 9.88 Å². The molecule has 50 heavy (non-hydrogen) atoms. The van der Waals surface area contributed by atoms with Crippen molar-refractivity contribution >= 4 is 46.0 Å². The molecule has 0 unspecified atom stereocenters. The molecule has 0 saturated carbocycles. The van der Waals surface area contributed by atoms with E-state index in [-0.39, 0.29) is 56.7 Å². The van der Waals surface area contributed by atoms with E-state index in [1.807, 2.05) is 60.8 Å². The van der Waals surface area contributed by atoms with Crippen molar-refractivity contribution in [2.45, 2.75) is 51.2 Å². The third kappa shape index (κ3) is 8.12. The summed E-state index contributed by atoms with van der Waals surface area (Å²) in [4.78, 5) is 58.2. The van der Waals surface area contributed by atoms with Gasteiger partial charge >= 0.3 is 5.97 Å². The van der Waals surface area contributed by atoms with Gasteiger partial charge in [0, 0.05) is 66.7 Å². The first-order valence-corrected chi connectivity index (χ1v) is 16.9. The molecule has 2 atom stereocenters. The Morgan fingerprint density at radius 3 is 2.58 bits per heavy atom. The second-order valence-electron chi connectivity index (χ2n) is 12.5. The van der Waals surface area contributed by atoms with Crippen molar-refractivity contribution in [2.75, 3.05) is 37.0 Å². The number of fused-ring (bicyclic) bond motifs is 2. The van der Waals surface area contributed by atoms with Gasteiger partial charge in [0.05, 0.1) is 25.8 Å². The third-order valence-electron chi connectivity index (χ3n) is 9.13. The number of aliphatic hydroxyl groups excluding tert-OH is 1. The number of aromatic amines is 1. The van der Waals surface area contributed by atoms with Crippen LogP contribution >= 0.6 is 0 Å². The van der Waals surface area contributed by atoms with Crippen molar-refractivity contribution in [2.24, 2.45) is 5.92 Å². The van der Waals surface area contributed by atoms with E-state index in [4.69, 9.17) is 4.74 Å². The summed E-state index contributed by atoms with van der Waals surface area (Å²) >= 11 is 0. The van der Waals surface area contributed by atoms with Gasteiger partial charge in [-0.25, -0.2) is 0 Å². The minimum absolute atomic E-state index is 0.00940. The van der Waals surface area contributed by atoms with Crippen LogP contribution in [0, 0.1) is 5.92 Å². The van der Waals surface area contributed by atoms with Crippen LogP contribution < -0.4 is 10.2 Å². The van der Waals surface area contributed by atoms with E-state index in [1.165, 1.54) is 12.0 Å². The SMILES string of the molecule is COC(=O)CCCCN1C(=O)[C@@](O)([C@@H](C)/C=C/CC(=O)N(CCO)Cc2ccccc2)c2cc(NC(=O)Cc3c[nH]c4ccccc34)ccc21. The predicted molar refractivity (Wildman–Crippen MR) is 191 cm³/mol. The zero-order valence-corrected chi connectivity index (χ0v) is 28.4. The summed E-state index contributed by atoms with van der Waals surface area (Å²) in [5.41, 5.74) is 2.02. The van der Waals surface area contributed by atoms with Gasteiger partial charge in [0.1, 0.15) is 0 Å². The summed E-state index contributed by atoms with van der Waals surface area (Å²) in [7, 11) is 1.33. The first kappa shape index (κ1) is 36.0. The molecule has 4 N–H and O–H groups in total. The molecular weight excluding hydrogens is 636 g/mol. The molecule has 2 heterocycles. The van der Waals surface area contributed by atoms with Crippen molar-refractivity contribution in [3.8, 4) is 0 Å². The average molecular weight is 681 g/mol. The fraction of sp³-hybridized carbons (Fsp3) is 0.333. The number of unbranched alkanes of at least 4 members (excludes halogenated alkanes) is 1. The minimum Gasteiger partial charge on any atom is -0.469 e. The molecule has 4 aromatic rings. The number of esters is 1. The molecule has 3 aromatic carbocycles. The summed E-state index contributed by atoms with van der Waals surface area (Å²) in [6.45, 7) is 2.31. The van der Waals surface area contributed by atoms with Crippen molar-refractivity contribution in [3.05, 3.63) is 108 Å². The number of hydrogen-bond acceptors (Lipinski definition) is 7. The third-order valence-corrected chi connectivity index (χ3v) is 9.13. The van der Waals surface area contributed by atoms with Crippen LogP contribution in [0.1, 0.15) is 49.3 Å². The normalized spacial score (nSPS) is 16.1. The van der Waals surface area contributed by atoms with E-state index in [2.05, 4.69) is 10.3 Å². The molecule has 11 nitrogen and oxygen atoms in total. The molecule has 0 aliphatic carbocycles. The largest absolute Gasteiger partial charge is 0.469 e. The molecule has 0 fully saturated rings. The number of para-hydroxylation sites is 1. The van der Waals surface area contributed by atoms with Gasteiger partial charge in [-0.3, -0.25) is 19.2 Å². The quantitative estimate of drug-likeness (QED) is 0.0752. The van der Waals surface area contributed by atoms with Crippen molar-refractivity contribution < 1.29 is 34.1 Å². The number of aliphatic hydroxyl groups is 2. The molecule has 0 bridgehead atoms. The summed E-state index contributed by atoms with van der Waals surface area (Å²) in [5, 5.41) is 25.7. The number of nitrogens with one attached hydrogen (secondary N) is 2. The lowest BCUT2D eigenvalue weighted by atomic mass is 9.82. The van der Waals surface area contributed by atoms with E-state index in [1.54, 1.807) is 42.2 Å². The Bertz CT molecular complexity index is 1850. The lowest BCUT2D eigenvalue weighted by molar-refractivity contribution is -0.140. The molecule has 1 aliphatic rings. The number of anilines is 2. The van der Waals surface area contributed by atoms with Gasteiger partial charge in [-0.2, -0.15) is 0 Å². The molecule has 3 amide bonds. The predicted octanol–water partition coefficient (Wildman–Crippen LogP) is 4.83. The average Bonchev–Trinajstić information content (AvgIpc) is 3.62. The Hall–Kier alpha value is -5.26. The van der Waals surface area contributed by atoms with Crippen molar-refractivity contribution in [1.29, 1.82) is 0 Å². The number of hydrogen-bond donors (Lipinski definition) is 4. The van der Waals surface area contributed by atoms with Gasteiger partial charge in [-0.05, 0) is 48.2 Å². The number of carbonyl (C=O) groups excluding carboxylic acids is 4. The van der Waals surface area contributed by atoms with Crippen LogP contribution in [-0.4, -0.2) is 70.6 Å². The summed E-state index contributed by atoms with van der Waals surface area (Å²) in [5.74, 6) is -2.07. The van der Waals surface area contributed by atoms with Crippen LogP contribution in [0.15, 0.2) is 91.1 Å². The maximum absolute atomic E-state index is 14.0. The van der Waals surface area contributed by atoms with Crippen LogP contribution in [0.5, 0.6) is 0 Å². The van der Waals surface area contributed by atoms with Gasteiger partial charge in [0.2, 0.25) is 11.8 Å². The molecule has 0 saturated heterocycles. The Morgan fingerprint density at radius 1 is 1.06 bits per heavy atom. The zero-order valence-electron chi connectivity index (χ0n) is 28.4. The Balaban J connectivity index is 1.34. The number of rotatable bonds is 16. The molecular formula is C39H44N4O7. The number of benzene rings is 3. The summed E-state index contributed by atoms with van der Waals surface area (Å²) in [6, 6.07) is 22.3. The number of ether oxygens (including phenoxy) is 1. The number of aromatic nitrogens is 1. The van der Waals surface area contributed by atoms with Crippen LogP contribution in [0.25, 0.3) is 10.9 Å². The first-order chi connectivity index (χ1) is 24.1. The van der Waals surface area contributed by atoms with E-state index < -0.39 is 17.4 Å². The highest BCUT2D eigenvalue weighted by Gasteiger charge is 2.52. The van der Waals surface area contributed by atoms with Gasteiger partial charge in [0.25, 0.3) is 5.91 Å². The fourth-order valence-corrected chi connectivity index (χ4v) is 6.40. The number of nitrogens with zero attached hydrogens (tertiary/aromatic N) is 2. The molecule has 0 radical (unpaired) electrons. The molecule has 11 heteroatoms. The fourth-order valence-electron chi connectivity index (χ4n) is 6.40. The Kier molecular flexibility index (Phi) is 11.8. The lowest BCUT2D eigenvalue weighted by Gasteiger charge is -2.28. The van der Waals surface area contributed by atoms with Gasteiger partial charge in [-0.15, -0.1) is 0 Å². The second kappa shape index (κ2) is 16.4. The molecule has 1 aliphatic heterocycles. The topological polar surface area (TPSA) is 152 Å². The minimum atomic E-state index is -1.98. The lowest BCUT2D eigenvalue weighted by Crippen LogP contribution is -2.44. The monoisotopic (exact) mass is 680 g/mol. The van der Waals surface area contributed by atoms with E-state index in [0.717, 1.165) is 22.0 Å². The van der Waals surface area contributed by atoms with Crippen LogP contribution in [-0.2, 0) is 42.5 Å². The van der Waals surface area contributed by atoms with E-state index in [0.29, 0.717) is 36.3 Å². The van der Waals surface area contributed by atoms with Crippen LogP contribution in [0.3, 0.4) is 0 Å². The van der Waals surface area contributed by atoms with Gasteiger partial charge < -0.3 is 35.1 Å². The van der Waals surface area contributed by atoms with Gasteiger partial charge in [0.15, 0.2) is 5.60 Å². The highest BCUT2D eigenvalue weighted by Crippen LogP contribution is 2.46. The smallest absolute Gasteiger partial charge is 0.305 e. The number of carbonyl (C=O) groups is 4. The highest BCUT2D eigenvalue weighted by molar-refractivity contribution is 6.08. The zero-order chi connectivity index (χ0) is 35.7. The van der Waals surface area contributed by atoms with Crippen molar-refractivity contribution in [3.63, 3.8) is 0 Å². The van der Waals surface area contributed by atoms with E-state index >= 15 is 0 Å².